The average Bonchev–Trinajstić information content (AvgIpc) is 3.56. The van der Waals surface area contributed by atoms with Crippen molar-refractivity contribution in [1.29, 1.82) is 0 Å². The number of halogens is 1. The number of sulfonamides is 1. The number of ketones is 1. The van der Waals surface area contributed by atoms with Crippen molar-refractivity contribution >= 4 is 45.1 Å². The number of unbranched alkanes of at least 4 members (excludes halogenated alkanes) is 1. The summed E-state index contributed by atoms with van der Waals surface area (Å²) in [6, 6.07) is 22.1. The highest BCUT2D eigenvalue weighted by Crippen LogP contribution is 2.25. The van der Waals surface area contributed by atoms with Gasteiger partial charge in [0.05, 0.1) is 25.0 Å². The molecule has 0 bridgehead atoms. The highest BCUT2D eigenvalue weighted by atomic mass is 35.5. The maximum absolute atomic E-state index is 14.2. The third-order valence-electron chi connectivity index (χ3n) is 8.57. The second-order valence-corrected chi connectivity index (χ2v) is 14.9. The van der Waals surface area contributed by atoms with Gasteiger partial charge in [-0.2, -0.15) is 0 Å². The highest BCUT2D eigenvalue weighted by molar-refractivity contribution is 7.88. The maximum atomic E-state index is 14.2. The van der Waals surface area contributed by atoms with Gasteiger partial charge in [-0.3, -0.25) is 19.2 Å². The number of amides is 3. The van der Waals surface area contributed by atoms with E-state index in [-0.39, 0.29) is 39.0 Å². The molecule has 0 radical (unpaired) electrons. The van der Waals surface area contributed by atoms with Crippen molar-refractivity contribution in [3.05, 3.63) is 107 Å². The lowest BCUT2D eigenvalue weighted by Gasteiger charge is -2.29. The number of aryl methyl sites for hydroxylation is 1. The van der Waals surface area contributed by atoms with Crippen LogP contribution < -0.4 is 21.1 Å². The lowest BCUT2D eigenvalue weighted by molar-refractivity contribution is -0.142. The molecule has 3 amide bonds. The number of hydrogen-bond donors (Lipinski definition) is 4. The Morgan fingerprint density at radius 3 is 2.16 bits per heavy atom. The predicted molar refractivity (Wildman–Crippen MR) is 195 cm³/mol. The van der Waals surface area contributed by atoms with Crippen LogP contribution in [0.2, 0.25) is 5.02 Å². The zero-order valence-corrected chi connectivity index (χ0v) is 30.2. The fourth-order valence-corrected chi connectivity index (χ4v) is 6.77. The number of carbonyl (C=O) groups is 4. The van der Waals surface area contributed by atoms with Crippen molar-refractivity contribution in [3.8, 4) is 0 Å². The quantitative estimate of drug-likeness (QED) is 0.107. The monoisotopic (exact) mass is 739 g/mol. The van der Waals surface area contributed by atoms with Gasteiger partial charge >= 0.3 is 0 Å². The van der Waals surface area contributed by atoms with Crippen molar-refractivity contribution in [2.24, 2.45) is 5.73 Å². The van der Waals surface area contributed by atoms with E-state index in [2.05, 4.69) is 15.4 Å². The summed E-state index contributed by atoms with van der Waals surface area (Å²) in [6.45, 7) is 0.675. The number of hydrogen-bond acceptors (Lipinski definition) is 8. The highest BCUT2D eigenvalue weighted by Gasteiger charge is 2.43. The topological polar surface area (TPSA) is 177 Å². The minimum Gasteiger partial charge on any atom is -0.372 e. The molecule has 12 nitrogen and oxygen atoms in total. The molecule has 1 aliphatic heterocycles. The molecule has 1 heterocycles. The Labute approximate surface area is 304 Å². The van der Waals surface area contributed by atoms with Crippen LogP contribution in [0, 0.1) is 0 Å². The van der Waals surface area contributed by atoms with Crippen LogP contribution in [0.5, 0.6) is 0 Å². The van der Waals surface area contributed by atoms with Gasteiger partial charge in [-0.25, -0.2) is 13.1 Å². The Bertz CT molecular complexity index is 1710. The van der Waals surface area contributed by atoms with Crippen LogP contribution in [0.4, 0.5) is 0 Å². The molecule has 274 valence electrons. The van der Waals surface area contributed by atoms with Crippen molar-refractivity contribution < 1.29 is 32.3 Å². The Morgan fingerprint density at radius 1 is 0.882 bits per heavy atom. The number of Topliss-reactive ketones (excluding diaryl/α,β-unsaturated/α-hetero) is 1. The summed E-state index contributed by atoms with van der Waals surface area (Å²) in [5, 5.41) is 5.93. The molecule has 3 aromatic rings. The fraction of sp³-hybridized carbons (Fsp3) is 0.405. The molecule has 51 heavy (non-hydrogen) atoms. The van der Waals surface area contributed by atoms with Crippen LogP contribution in [0.15, 0.2) is 84.9 Å². The molecule has 4 atom stereocenters. The molecule has 1 aliphatic rings. The molecule has 4 rings (SSSR count). The normalized spacial score (nSPS) is 17.0. The largest absolute Gasteiger partial charge is 0.372 e. The van der Waals surface area contributed by atoms with Crippen molar-refractivity contribution in [3.63, 3.8) is 0 Å². The standard InChI is InChI=1S/C37H46ClN5O7S/c1-51(48,49)42-32(20-17-26-10-4-2-5-11-26)37(47)43-24-30(50-25-28-15-18-29(38)19-16-28)22-33(43)35(45)41-31(14-8-9-21-39)34(44)36(46)40-23-27-12-6-3-7-13-27/h2-7,10-13,15-16,18-19,30-33,42H,8-9,14,17,20-25,39H2,1H3,(H,40,46)(H,41,45)/t30-,31+,32-,33+/m1/s1. The summed E-state index contributed by atoms with van der Waals surface area (Å²) in [5.41, 5.74) is 8.22. The van der Waals surface area contributed by atoms with E-state index in [9.17, 15) is 27.6 Å². The van der Waals surface area contributed by atoms with Crippen LogP contribution in [-0.2, 0) is 53.5 Å². The van der Waals surface area contributed by atoms with E-state index in [1.807, 2.05) is 60.7 Å². The molecule has 0 spiro atoms. The second kappa shape index (κ2) is 19.5. The molecule has 0 unspecified atom stereocenters. The molecule has 1 fully saturated rings. The number of nitrogens with one attached hydrogen (secondary N) is 3. The lowest BCUT2D eigenvalue weighted by atomic mass is 10.0. The molecular formula is C37H46ClN5O7S. The van der Waals surface area contributed by atoms with Crippen molar-refractivity contribution in [1.82, 2.24) is 20.3 Å². The Hall–Kier alpha value is -4.14. The molecule has 0 aromatic heterocycles. The minimum absolute atomic E-state index is 0.00113. The van der Waals surface area contributed by atoms with Crippen molar-refractivity contribution in [2.75, 3.05) is 19.3 Å². The number of carbonyl (C=O) groups excluding carboxylic acids is 4. The van der Waals surface area contributed by atoms with E-state index in [1.54, 1.807) is 24.3 Å². The lowest BCUT2D eigenvalue weighted by Crippen LogP contribution is -2.56. The number of nitrogens with two attached hydrogens (primary N) is 1. The number of benzene rings is 3. The van der Waals surface area contributed by atoms with Crippen molar-refractivity contribution in [2.45, 2.75) is 75.9 Å². The van der Waals surface area contributed by atoms with Gasteiger partial charge in [-0.15, -0.1) is 0 Å². The van der Waals surface area contributed by atoms with Gasteiger partial charge in [0.25, 0.3) is 5.91 Å². The second-order valence-electron chi connectivity index (χ2n) is 12.6. The first-order valence-corrected chi connectivity index (χ1v) is 19.2. The van der Waals surface area contributed by atoms with E-state index in [0.717, 1.165) is 22.9 Å². The third-order valence-corrected chi connectivity index (χ3v) is 9.53. The van der Waals surface area contributed by atoms with E-state index in [4.69, 9.17) is 22.1 Å². The fourth-order valence-electron chi connectivity index (χ4n) is 5.91. The first-order valence-electron chi connectivity index (χ1n) is 17.0. The molecular weight excluding hydrogens is 694 g/mol. The van der Waals surface area contributed by atoms with Gasteiger partial charge in [0, 0.05) is 24.5 Å². The number of likely N-dealkylation sites (tertiary alicyclic amines) is 1. The van der Waals surface area contributed by atoms with Crippen LogP contribution >= 0.6 is 11.6 Å². The molecule has 1 saturated heterocycles. The van der Waals surface area contributed by atoms with E-state index in [1.165, 1.54) is 4.90 Å². The number of ether oxygens (including phenoxy) is 1. The van der Waals surface area contributed by atoms with Gasteiger partial charge in [0.2, 0.25) is 27.6 Å². The average molecular weight is 740 g/mol. The van der Waals surface area contributed by atoms with Gasteiger partial charge < -0.3 is 26.0 Å². The van der Waals surface area contributed by atoms with E-state index >= 15 is 0 Å². The molecule has 5 N–H and O–H groups in total. The zero-order valence-electron chi connectivity index (χ0n) is 28.6. The Morgan fingerprint density at radius 2 is 1.53 bits per heavy atom. The molecule has 14 heteroatoms. The minimum atomic E-state index is -3.82. The maximum Gasteiger partial charge on any atom is 0.289 e. The van der Waals surface area contributed by atoms with E-state index in [0.29, 0.717) is 30.8 Å². The van der Waals surface area contributed by atoms with Crippen LogP contribution in [0.3, 0.4) is 0 Å². The van der Waals surface area contributed by atoms with Gasteiger partial charge in [-0.1, -0.05) is 84.4 Å². The number of nitrogens with zero attached hydrogens (tertiary/aromatic N) is 1. The third kappa shape index (κ3) is 12.8. The summed E-state index contributed by atoms with van der Waals surface area (Å²) in [6.07, 6.45) is 2.21. The van der Waals surface area contributed by atoms with Crippen LogP contribution in [0.25, 0.3) is 0 Å². The first kappa shape index (κ1) is 39.6. The summed E-state index contributed by atoms with van der Waals surface area (Å²) in [5.74, 6) is -2.91. The summed E-state index contributed by atoms with van der Waals surface area (Å²) < 4.78 is 33.4. The van der Waals surface area contributed by atoms with Gasteiger partial charge in [-0.05, 0) is 67.5 Å². The SMILES string of the molecule is CS(=O)(=O)N[C@H](CCc1ccccc1)C(=O)N1C[C@H](OCc2ccc(Cl)cc2)C[C@H]1C(=O)N[C@@H](CCCCN)C(=O)C(=O)NCc1ccccc1. The molecule has 0 aliphatic carbocycles. The summed E-state index contributed by atoms with van der Waals surface area (Å²) in [7, 11) is -3.82. The summed E-state index contributed by atoms with van der Waals surface area (Å²) in [4.78, 5) is 55.9. The first-order chi connectivity index (χ1) is 24.4. The zero-order chi connectivity index (χ0) is 36.8. The summed E-state index contributed by atoms with van der Waals surface area (Å²) >= 11 is 6.02. The predicted octanol–water partition coefficient (Wildman–Crippen LogP) is 2.88. The number of rotatable bonds is 19. The Kier molecular flexibility index (Phi) is 15.1. The molecule has 3 aromatic carbocycles. The smallest absolute Gasteiger partial charge is 0.289 e. The van der Waals surface area contributed by atoms with Gasteiger partial charge in [0.1, 0.15) is 12.1 Å². The van der Waals surface area contributed by atoms with Crippen LogP contribution in [-0.4, -0.2) is 80.4 Å². The molecule has 0 saturated carbocycles. The van der Waals surface area contributed by atoms with E-state index < -0.39 is 57.8 Å². The van der Waals surface area contributed by atoms with Crippen LogP contribution in [0.1, 0.15) is 48.8 Å². The van der Waals surface area contributed by atoms with Gasteiger partial charge in [0.15, 0.2) is 0 Å². The Balaban J connectivity index is 1.54.